The maximum absolute atomic E-state index is 12.2. The largest absolute Gasteiger partial charge is 0.452 e. The molecule has 0 atom stereocenters. The molecular formula is C21H21N3O3. The Morgan fingerprint density at radius 2 is 1.78 bits per heavy atom. The molecule has 0 aliphatic heterocycles. The van der Waals surface area contributed by atoms with Crippen molar-refractivity contribution >= 4 is 17.6 Å². The number of anilines is 1. The van der Waals surface area contributed by atoms with E-state index in [1.807, 2.05) is 45.0 Å². The molecule has 1 N–H and O–H groups in total. The molecule has 1 aromatic heterocycles. The number of nitrogens with zero attached hydrogens (tertiary/aromatic N) is 2. The first-order valence-electron chi connectivity index (χ1n) is 8.60. The molecule has 0 unspecified atom stereocenters. The molecule has 138 valence electrons. The molecule has 27 heavy (non-hydrogen) atoms. The summed E-state index contributed by atoms with van der Waals surface area (Å²) in [6, 6.07) is 14.4. The maximum atomic E-state index is 12.2. The zero-order valence-corrected chi connectivity index (χ0v) is 15.5. The second-order valence-corrected chi connectivity index (χ2v) is 6.30. The van der Waals surface area contributed by atoms with Crippen molar-refractivity contribution in [2.75, 3.05) is 11.9 Å². The Morgan fingerprint density at radius 3 is 2.44 bits per heavy atom. The molecular weight excluding hydrogens is 342 g/mol. The number of hydrogen-bond acceptors (Lipinski definition) is 4. The van der Waals surface area contributed by atoms with E-state index in [-0.39, 0.29) is 12.5 Å². The molecule has 1 amide bonds. The van der Waals surface area contributed by atoms with Crippen LogP contribution < -0.4 is 5.32 Å². The SMILES string of the molecule is Cc1cccc(NC(=O)COC(=O)c2ccc(-n3nccc3C)cc2)c1C. The number of aryl methyl sites for hydroxylation is 2. The minimum atomic E-state index is -0.546. The van der Waals surface area contributed by atoms with Crippen molar-refractivity contribution in [3.63, 3.8) is 0 Å². The molecule has 0 bridgehead atoms. The summed E-state index contributed by atoms with van der Waals surface area (Å²) in [7, 11) is 0. The second kappa shape index (κ2) is 7.86. The summed E-state index contributed by atoms with van der Waals surface area (Å²) in [5.41, 5.74) is 5.01. The van der Waals surface area contributed by atoms with E-state index in [0.29, 0.717) is 5.56 Å². The Morgan fingerprint density at radius 1 is 1.04 bits per heavy atom. The third-order valence-electron chi connectivity index (χ3n) is 4.39. The van der Waals surface area contributed by atoms with Gasteiger partial charge in [-0.25, -0.2) is 9.48 Å². The van der Waals surface area contributed by atoms with Crippen LogP contribution in [0.2, 0.25) is 0 Å². The first-order valence-corrected chi connectivity index (χ1v) is 8.60. The van der Waals surface area contributed by atoms with Crippen molar-refractivity contribution < 1.29 is 14.3 Å². The monoisotopic (exact) mass is 363 g/mol. The quantitative estimate of drug-likeness (QED) is 0.703. The number of amides is 1. The number of nitrogens with one attached hydrogen (secondary N) is 1. The molecule has 0 saturated carbocycles. The Labute approximate surface area is 157 Å². The average molecular weight is 363 g/mol. The highest BCUT2D eigenvalue weighted by molar-refractivity contribution is 5.96. The summed E-state index contributed by atoms with van der Waals surface area (Å²) in [6.45, 7) is 5.51. The van der Waals surface area contributed by atoms with Gasteiger partial charge in [0.2, 0.25) is 0 Å². The fourth-order valence-corrected chi connectivity index (χ4v) is 2.67. The summed E-state index contributed by atoms with van der Waals surface area (Å²) >= 11 is 0. The smallest absolute Gasteiger partial charge is 0.338 e. The Kier molecular flexibility index (Phi) is 5.35. The van der Waals surface area contributed by atoms with Crippen LogP contribution in [0.3, 0.4) is 0 Å². The van der Waals surface area contributed by atoms with Crippen molar-refractivity contribution in [3.05, 3.63) is 77.1 Å². The van der Waals surface area contributed by atoms with Gasteiger partial charge in [-0.05, 0) is 68.3 Å². The van der Waals surface area contributed by atoms with E-state index >= 15 is 0 Å². The van der Waals surface area contributed by atoms with Crippen LogP contribution in [0.1, 0.15) is 27.2 Å². The molecule has 0 aliphatic rings. The lowest BCUT2D eigenvalue weighted by molar-refractivity contribution is -0.119. The average Bonchev–Trinajstić information content (AvgIpc) is 3.09. The van der Waals surface area contributed by atoms with Crippen molar-refractivity contribution in [3.8, 4) is 5.69 Å². The number of rotatable bonds is 5. The van der Waals surface area contributed by atoms with Crippen LogP contribution in [-0.4, -0.2) is 28.3 Å². The number of hydrogen-bond donors (Lipinski definition) is 1. The number of carbonyl (C=O) groups excluding carboxylic acids is 2. The lowest BCUT2D eigenvalue weighted by atomic mass is 10.1. The van der Waals surface area contributed by atoms with Gasteiger partial charge in [-0.3, -0.25) is 4.79 Å². The number of carbonyl (C=O) groups is 2. The molecule has 2 aromatic carbocycles. The van der Waals surface area contributed by atoms with Gasteiger partial charge in [-0.15, -0.1) is 0 Å². The molecule has 1 heterocycles. The standard InChI is InChI=1S/C21H21N3O3/c1-14-5-4-6-19(16(14)3)23-20(25)13-27-21(26)17-7-9-18(10-8-17)24-15(2)11-12-22-24/h4-12H,13H2,1-3H3,(H,23,25). The number of ether oxygens (including phenoxy) is 1. The molecule has 0 radical (unpaired) electrons. The minimum Gasteiger partial charge on any atom is -0.452 e. The number of benzene rings is 2. The Bertz CT molecular complexity index is 975. The molecule has 0 fully saturated rings. The first-order chi connectivity index (χ1) is 13.0. The summed E-state index contributed by atoms with van der Waals surface area (Å²) < 4.78 is 6.88. The van der Waals surface area contributed by atoms with Gasteiger partial charge < -0.3 is 10.1 Å². The van der Waals surface area contributed by atoms with Gasteiger partial charge in [0, 0.05) is 17.6 Å². The van der Waals surface area contributed by atoms with Crippen LogP contribution in [0.25, 0.3) is 5.69 Å². The highest BCUT2D eigenvalue weighted by Gasteiger charge is 2.12. The first kappa shape index (κ1) is 18.4. The van der Waals surface area contributed by atoms with E-state index in [9.17, 15) is 9.59 Å². The third kappa shape index (κ3) is 4.23. The summed E-state index contributed by atoms with van der Waals surface area (Å²) in [5.74, 6) is -0.921. The lowest BCUT2D eigenvalue weighted by Crippen LogP contribution is -2.21. The van der Waals surface area contributed by atoms with Crippen LogP contribution in [0.4, 0.5) is 5.69 Å². The normalized spacial score (nSPS) is 10.5. The van der Waals surface area contributed by atoms with Crippen molar-refractivity contribution in [2.45, 2.75) is 20.8 Å². The van der Waals surface area contributed by atoms with E-state index in [2.05, 4.69) is 10.4 Å². The molecule has 6 nitrogen and oxygen atoms in total. The fraction of sp³-hybridized carbons (Fsp3) is 0.190. The molecule has 6 heteroatoms. The second-order valence-electron chi connectivity index (χ2n) is 6.30. The van der Waals surface area contributed by atoms with Gasteiger partial charge in [-0.1, -0.05) is 12.1 Å². The highest BCUT2D eigenvalue weighted by atomic mass is 16.5. The van der Waals surface area contributed by atoms with E-state index < -0.39 is 5.97 Å². The molecule has 0 aliphatic carbocycles. The predicted octanol–water partition coefficient (Wildman–Crippen LogP) is 3.59. The van der Waals surface area contributed by atoms with E-state index in [1.54, 1.807) is 35.1 Å². The minimum absolute atomic E-state index is 0.341. The van der Waals surface area contributed by atoms with Crippen LogP contribution in [0, 0.1) is 20.8 Å². The number of aromatic nitrogens is 2. The topological polar surface area (TPSA) is 73.2 Å². The third-order valence-corrected chi connectivity index (χ3v) is 4.39. The molecule has 3 aromatic rings. The Balaban J connectivity index is 1.58. The zero-order chi connectivity index (χ0) is 19.4. The van der Waals surface area contributed by atoms with Crippen LogP contribution in [0.5, 0.6) is 0 Å². The van der Waals surface area contributed by atoms with Gasteiger partial charge in [0.25, 0.3) is 5.91 Å². The zero-order valence-electron chi connectivity index (χ0n) is 15.5. The van der Waals surface area contributed by atoms with E-state index in [1.165, 1.54) is 0 Å². The van der Waals surface area contributed by atoms with Crippen molar-refractivity contribution in [1.82, 2.24) is 9.78 Å². The van der Waals surface area contributed by atoms with Crippen LogP contribution in [-0.2, 0) is 9.53 Å². The maximum Gasteiger partial charge on any atom is 0.338 e. The van der Waals surface area contributed by atoms with Crippen molar-refractivity contribution in [2.24, 2.45) is 0 Å². The van der Waals surface area contributed by atoms with Gasteiger partial charge in [0.1, 0.15) is 0 Å². The Hall–Kier alpha value is -3.41. The van der Waals surface area contributed by atoms with Gasteiger partial charge in [0.15, 0.2) is 6.61 Å². The van der Waals surface area contributed by atoms with E-state index in [4.69, 9.17) is 4.74 Å². The number of esters is 1. The molecule has 0 saturated heterocycles. The highest BCUT2D eigenvalue weighted by Crippen LogP contribution is 2.18. The lowest BCUT2D eigenvalue weighted by Gasteiger charge is -2.11. The summed E-state index contributed by atoms with van der Waals surface area (Å²) in [4.78, 5) is 24.2. The van der Waals surface area contributed by atoms with E-state index in [0.717, 1.165) is 28.2 Å². The van der Waals surface area contributed by atoms with Crippen LogP contribution >= 0.6 is 0 Å². The summed E-state index contributed by atoms with van der Waals surface area (Å²) in [5, 5.41) is 6.98. The van der Waals surface area contributed by atoms with Gasteiger partial charge in [0.05, 0.1) is 11.3 Å². The molecule has 0 spiro atoms. The summed E-state index contributed by atoms with van der Waals surface area (Å²) in [6.07, 6.45) is 1.71. The van der Waals surface area contributed by atoms with Crippen molar-refractivity contribution in [1.29, 1.82) is 0 Å². The van der Waals surface area contributed by atoms with Crippen LogP contribution in [0.15, 0.2) is 54.7 Å². The van der Waals surface area contributed by atoms with Gasteiger partial charge in [-0.2, -0.15) is 5.10 Å². The van der Waals surface area contributed by atoms with Gasteiger partial charge >= 0.3 is 5.97 Å². The fourth-order valence-electron chi connectivity index (χ4n) is 2.67. The molecule has 3 rings (SSSR count). The predicted molar refractivity (Wildman–Crippen MR) is 103 cm³/mol.